The Balaban J connectivity index is 1.75. The number of likely N-dealkylation sites (tertiary alicyclic amines) is 1. The van der Waals surface area contributed by atoms with E-state index in [0.29, 0.717) is 18.4 Å². The summed E-state index contributed by atoms with van der Waals surface area (Å²) in [5.41, 5.74) is 2.62. The zero-order valence-corrected chi connectivity index (χ0v) is 16.5. The average molecular weight is 380 g/mol. The van der Waals surface area contributed by atoms with Crippen LogP contribution in [0.2, 0.25) is 0 Å². The number of aliphatic carboxylic acids is 1. The standard InChI is InChI=1S/C24H29NO3/c1-28-22-13-8-12-21(17-22)24-20(11-6-3-7-14-23(26)27)15-16-25(24)18-19-9-4-2-5-10-19/h2-6,8-10,12-13,17,20,24H,7,11,14-16,18H2,1H3,(H,26,27)/b6-3-/t20-,24-/m0/s1. The Morgan fingerprint density at radius 1 is 1.18 bits per heavy atom. The van der Waals surface area contributed by atoms with Crippen LogP contribution in [0.1, 0.15) is 42.9 Å². The minimum Gasteiger partial charge on any atom is -0.497 e. The maximum absolute atomic E-state index is 10.7. The SMILES string of the molecule is COc1cccc([C@@H]2[C@@H](C/C=C\CCC(=O)O)CCN2Cc2ccccc2)c1. The maximum atomic E-state index is 10.7. The molecule has 2 atom stereocenters. The first-order chi connectivity index (χ1) is 13.7. The highest BCUT2D eigenvalue weighted by molar-refractivity contribution is 5.66. The van der Waals surface area contributed by atoms with Gasteiger partial charge < -0.3 is 9.84 Å². The van der Waals surface area contributed by atoms with Gasteiger partial charge in [-0.1, -0.05) is 54.6 Å². The van der Waals surface area contributed by atoms with Crippen molar-refractivity contribution in [2.75, 3.05) is 13.7 Å². The van der Waals surface area contributed by atoms with Gasteiger partial charge in [0.15, 0.2) is 0 Å². The lowest BCUT2D eigenvalue weighted by molar-refractivity contribution is -0.136. The van der Waals surface area contributed by atoms with Gasteiger partial charge in [0, 0.05) is 19.0 Å². The summed E-state index contributed by atoms with van der Waals surface area (Å²) in [6.07, 6.45) is 7.06. The minimum atomic E-state index is -0.742. The molecule has 0 radical (unpaired) electrons. The molecule has 0 amide bonds. The quantitative estimate of drug-likeness (QED) is 0.618. The van der Waals surface area contributed by atoms with Crippen molar-refractivity contribution >= 4 is 5.97 Å². The molecular formula is C24H29NO3. The number of carboxylic acid groups (broad SMARTS) is 1. The third-order valence-corrected chi connectivity index (χ3v) is 5.42. The molecule has 1 aliphatic rings. The van der Waals surface area contributed by atoms with Crippen molar-refractivity contribution in [1.82, 2.24) is 4.90 Å². The summed E-state index contributed by atoms with van der Waals surface area (Å²) >= 11 is 0. The highest BCUT2D eigenvalue weighted by Crippen LogP contribution is 2.41. The van der Waals surface area contributed by atoms with Crippen LogP contribution < -0.4 is 4.74 Å². The van der Waals surface area contributed by atoms with Crippen molar-refractivity contribution in [2.45, 2.75) is 38.3 Å². The van der Waals surface area contributed by atoms with Gasteiger partial charge in [-0.3, -0.25) is 9.69 Å². The average Bonchev–Trinajstić information content (AvgIpc) is 3.10. The van der Waals surface area contributed by atoms with Gasteiger partial charge >= 0.3 is 5.97 Å². The predicted molar refractivity (Wildman–Crippen MR) is 111 cm³/mol. The van der Waals surface area contributed by atoms with Gasteiger partial charge in [-0.05, 0) is 55.0 Å². The molecule has 0 aromatic heterocycles. The number of allylic oxidation sites excluding steroid dienone is 2. The number of carbonyl (C=O) groups is 1. The summed E-state index contributed by atoms with van der Waals surface area (Å²) in [7, 11) is 1.71. The van der Waals surface area contributed by atoms with E-state index in [2.05, 4.69) is 59.5 Å². The van der Waals surface area contributed by atoms with Crippen LogP contribution >= 0.6 is 0 Å². The lowest BCUT2D eigenvalue weighted by atomic mass is 9.90. The Morgan fingerprint density at radius 2 is 2.00 bits per heavy atom. The number of hydrogen-bond acceptors (Lipinski definition) is 3. The maximum Gasteiger partial charge on any atom is 0.303 e. The van der Waals surface area contributed by atoms with Crippen molar-refractivity contribution in [2.24, 2.45) is 5.92 Å². The summed E-state index contributed by atoms with van der Waals surface area (Å²) in [6, 6.07) is 19.3. The van der Waals surface area contributed by atoms with E-state index in [-0.39, 0.29) is 6.42 Å². The first-order valence-corrected chi connectivity index (χ1v) is 9.96. The van der Waals surface area contributed by atoms with Crippen molar-refractivity contribution in [1.29, 1.82) is 0 Å². The second kappa shape index (κ2) is 10.1. The second-order valence-corrected chi connectivity index (χ2v) is 7.37. The molecule has 2 aromatic carbocycles. The van der Waals surface area contributed by atoms with Crippen molar-refractivity contribution in [3.8, 4) is 5.75 Å². The van der Waals surface area contributed by atoms with Crippen LogP contribution in [-0.2, 0) is 11.3 Å². The van der Waals surface area contributed by atoms with Gasteiger partial charge in [0.05, 0.1) is 7.11 Å². The number of benzene rings is 2. The Bertz CT molecular complexity index is 787. The summed E-state index contributed by atoms with van der Waals surface area (Å²) in [6.45, 7) is 1.99. The third kappa shape index (κ3) is 5.46. The Morgan fingerprint density at radius 3 is 2.75 bits per heavy atom. The molecule has 1 N–H and O–H groups in total. The topological polar surface area (TPSA) is 49.8 Å². The fraction of sp³-hybridized carbons (Fsp3) is 0.375. The molecule has 0 saturated carbocycles. The Hall–Kier alpha value is -2.59. The van der Waals surface area contributed by atoms with Crippen LogP contribution in [0, 0.1) is 5.92 Å². The van der Waals surface area contributed by atoms with Crippen LogP contribution in [-0.4, -0.2) is 29.6 Å². The Kier molecular flexibility index (Phi) is 7.26. The molecular weight excluding hydrogens is 350 g/mol. The molecule has 0 unspecified atom stereocenters. The van der Waals surface area contributed by atoms with E-state index in [9.17, 15) is 4.79 Å². The molecule has 1 aliphatic heterocycles. The summed E-state index contributed by atoms with van der Waals surface area (Å²) in [4.78, 5) is 13.2. The number of hydrogen-bond donors (Lipinski definition) is 1. The second-order valence-electron chi connectivity index (χ2n) is 7.37. The van der Waals surface area contributed by atoms with Gasteiger partial charge in [0.25, 0.3) is 0 Å². The van der Waals surface area contributed by atoms with E-state index in [0.717, 1.165) is 31.7 Å². The molecule has 0 spiro atoms. The van der Waals surface area contributed by atoms with Crippen LogP contribution in [0.3, 0.4) is 0 Å². The largest absolute Gasteiger partial charge is 0.497 e. The molecule has 0 aliphatic carbocycles. The minimum absolute atomic E-state index is 0.195. The third-order valence-electron chi connectivity index (χ3n) is 5.42. The van der Waals surface area contributed by atoms with E-state index in [1.165, 1.54) is 11.1 Å². The van der Waals surface area contributed by atoms with E-state index in [4.69, 9.17) is 9.84 Å². The van der Waals surface area contributed by atoms with E-state index in [1.807, 2.05) is 12.1 Å². The Labute approximate surface area is 167 Å². The molecule has 3 rings (SSSR count). The van der Waals surface area contributed by atoms with Crippen LogP contribution in [0.15, 0.2) is 66.7 Å². The van der Waals surface area contributed by atoms with E-state index >= 15 is 0 Å². The molecule has 1 fully saturated rings. The number of nitrogens with zero attached hydrogens (tertiary/aromatic N) is 1. The van der Waals surface area contributed by atoms with Crippen molar-refractivity contribution < 1.29 is 14.6 Å². The van der Waals surface area contributed by atoms with Gasteiger partial charge in [-0.25, -0.2) is 0 Å². The summed E-state index contributed by atoms with van der Waals surface area (Å²) in [5.74, 6) is 0.658. The normalized spacial score (nSPS) is 19.9. The molecule has 4 nitrogen and oxygen atoms in total. The molecule has 1 heterocycles. The first-order valence-electron chi connectivity index (χ1n) is 9.96. The first kappa shape index (κ1) is 20.2. The van der Waals surface area contributed by atoms with E-state index in [1.54, 1.807) is 7.11 Å². The summed E-state index contributed by atoms with van der Waals surface area (Å²) in [5, 5.41) is 8.79. The van der Waals surface area contributed by atoms with Crippen LogP contribution in [0.5, 0.6) is 5.75 Å². The van der Waals surface area contributed by atoms with Gasteiger partial charge in [0.2, 0.25) is 0 Å². The lowest BCUT2D eigenvalue weighted by Gasteiger charge is -2.29. The number of methoxy groups -OCH3 is 1. The molecule has 4 heteroatoms. The van der Waals surface area contributed by atoms with Crippen molar-refractivity contribution in [3.63, 3.8) is 0 Å². The van der Waals surface area contributed by atoms with Crippen LogP contribution in [0.4, 0.5) is 0 Å². The van der Waals surface area contributed by atoms with Crippen LogP contribution in [0.25, 0.3) is 0 Å². The highest BCUT2D eigenvalue weighted by atomic mass is 16.5. The number of rotatable bonds is 9. The smallest absolute Gasteiger partial charge is 0.303 e. The fourth-order valence-electron chi connectivity index (χ4n) is 4.07. The zero-order chi connectivity index (χ0) is 19.8. The molecule has 28 heavy (non-hydrogen) atoms. The summed E-state index contributed by atoms with van der Waals surface area (Å²) < 4.78 is 5.45. The van der Waals surface area contributed by atoms with Gasteiger partial charge in [0.1, 0.15) is 5.75 Å². The number of ether oxygens (including phenoxy) is 1. The zero-order valence-electron chi connectivity index (χ0n) is 16.5. The molecule has 1 saturated heterocycles. The van der Waals surface area contributed by atoms with Gasteiger partial charge in [-0.15, -0.1) is 0 Å². The predicted octanol–water partition coefficient (Wildman–Crippen LogP) is 5.07. The van der Waals surface area contributed by atoms with Crippen molar-refractivity contribution in [3.05, 3.63) is 77.9 Å². The lowest BCUT2D eigenvalue weighted by Crippen LogP contribution is -2.25. The number of carboxylic acids is 1. The highest BCUT2D eigenvalue weighted by Gasteiger charge is 2.34. The van der Waals surface area contributed by atoms with Gasteiger partial charge in [-0.2, -0.15) is 0 Å². The monoisotopic (exact) mass is 379 g/mol. The molecule has 148 valence electrons. The molecule has 0 bridgehead atoms. The fourth-order valence-corrected chi connectivity index (χ4v) is 4.07. The van der Waals surface area contributed by atoms with E-state index < -0.39 is 5.97 Å². The molecule has 2 aromatic rings.